The van der Waals surface area contributed by atoms with Gasteiger partial charge in [-0.15, -0.1) is 0 Å². The number of hydrogen-bond acceptors (Lipinski definition) is 0. The number of halogens is 2. The van der Waals surface area contributed by atoms with Crippen LogP contribution in [-0.4, -0.2) is 9.15 Å². The summed E-state index contributed by atoms with van der Waals surface area (Å²) in [6.07, 6.45) is 5.64. The highest BCUT2D eigenvalue weighted by Crippen LogP contribution is 2.61. The van der Waals surface area contributed by atoms with Crippen molar-refractivity contribution in [3.63, 3.8) is 0 Å². The maximum atomic E-state index is 3.78. The minimum absolute atomic E-state index is 0.533. The molecule has 0 bridgehead atoms. The number of alkyl halides is 2. The molecule has 0 spiro atoms. The molecule has 2 aliphatic carbocycles. The summed E-state index contributed by atoms with van der Waals surface area (Å²) < 4.78 is 0.533. The van der Waals surface area contributed by atoms with Gasteiger partial charge in [0.05, 0.1) is 0 Å². The minimum Gasteiger partial charge on any atom is -0.0875 e. The van der Waals surface area contributed by atoms with Crippen LogP contribution >= 0.6 is 31.9 Å². The van der Waals surface area contributed by atoms with Crippen LogP contribution in [0.3, 0.4) is 0 Å². The van der Waals surface area contributed by atoms with Crippen LogP contribution in [0.1, 0.15) is 25.7 Å². The predicted octanol–water partition coefficient (Wildman–Crippen LogP) is 3.09. The molecule has 0 nitrogen and oxygen atoms in total. The lowest BCUT2D eigenvalue weighted by atomic mass is 10.0. The van der Waals surface area contributed by atoms with Crippen LogP contribution in [0.2, 0.25) is 0 Å². The van der Waals surface area contributed by atoms with E-state index in [9.17, 15) is 0 Å². The average molecular weight is 254 g/mol. The van der Waals surface area contributed by atoms with Gasteiger partial charge >= 0.3 is 0 Å². The van der Waals surface area contributed by atoms with Crippen LogP contribution in [0.5, 0.6) is 0 Å². The van der Waals surface area contributed by atoms with Gasteiger partial charge in [0.2, 0.25) is 0 Å². The summed E-state index contributed by atoms with van der Waals surface area (Å²) in [5, 5.41) is 0. The Labute approximate surface area is 72.7 Å². The van der Waals surface area contributed by atoms with Gasteiger partial charge in [0, 0.05) is 9.15 Å². The maximum absolute atomic E-state index is 3.78. The van der Waals surface area contributed by atoms with Crippen LogP contribution in [0.4, 0.5) is 0 Å². The second-order valence-corrected chi connectivity index (χ2v) is 5.81. The molecule has 2 fully saturated rings. The van der Waals surface area contributed by atoms with Gasteiger partial charge in [0.1, 0.15) is 0 Å². The van der Waals surface area contributed by atoms with Crippen LogP contribution < -0.4 is 0 Å². The average Bonchev–Trinajstić information content (AvgIpc) is 2.44. The molecule has 2 saturated carbocycles. The molecular formula is C7H10Br2. The fraction of sp³-hybridized carbons (Fsp3) is 1.00. The molecule has 0 aromatic carbocycles. The van der Waals surface area contributed by atoms with Crippen molar-refractivity contribution in [1.82, 2.24) is 0 Å². The first-order valence-electron chi connectivity index (χ1n) is 3.56. The van der Waals surface area contributed by atoms with Crippen molar-refractivity contribution in [2.45, 2.75) is 34.8 Å². The predicted molar refractivity (Wildman–Crippen MR) is 46.3 cm³/mol. The van der Waals surface area contributed by atoms with Gasteiger partial charge in [0.15, 0.2) is 0 Å². The standard InChI is InChI=1S/C7H10Br2/c8-6-3-1-2-5-4-7(5,6)9/h5-6H,1-4H2. The van der Waals surface area contributed by atoms with Gasteiger partial charge in [-0.05, 0) is 25.2 Å². The molecule has 0 radical (unpaired) electrons. The summed E-state index contributed by atoms with van der Waals surface area (Å²) in [7, 11) is 0. The molecule has 2 rings (SSSR count). The van der Waals surface area contributed by atoms with E-state index >= 15 is 0 Å². The molecule has 9 heavy (non-hydrogen) atoms. The van der Waals surface area contributed by atoms with Crippen molar-refractivity contribution in [3.05, 3.63) is 0 Å². The quantitative estimate of drug-likeness (QED) is 0.582. The van der Waals surface area contributed by atoms with E-state index < -0.39 is 0 Å². The first-order valence-corrected chi connectivity index (χ1v) is 5.27. The first kappa shape index (κ1) is 6.66. The Morgan fingerprint density at radius 2 is 2.11 bits per heavy atom. The smallest absolute Gasteiger partial charge is 0.0414 e. The summed E-state index contributed by atoms with van der Waals surface area (Å²) >= 11 is 7.49. The third-order valence-electron chi connectivity index (χ3n) is 2.61. The number of rotatable bonds is 0. The van der Waals surface area contributed by atoms with Crippen molar-refractivity contribution in [2.75, 3.05) is 0 Å². The Hall–Kier alpha value is 0.960. The van der Waals surface area contributed by atoms with Gasteiger partial charge in [0.25, 0.3) is 0 Å². The van der Waals surface area contributed by atoms with Gasteiger partial charge in [-0.1, -0.05) is 38.3 Å². The second-order valence-electron chi connectivity index (χ2n) is 3.23. The zero-order chi connectivity index (χ0) is 6.48. The van der Waals surface area contributed by atoms with E-state index in [4.69, 9.17) is 0 Å². The SMILES string of the molecule is BrC1CCCC2CC12Br. The summed E-state index contributed by atoms with van der Waals surface area (Å²) in [6, 6.07) is 0. The van der Waals surface area contributed by atoms with E-state index in [0.29, 0.717) is 4.32 Å². The lowest BCUT2D eigenvalue weighted by molar-refractivity contribution is 0.524. The van der Waals surface area contributed by atoms with Gasteiger partial charge < -0.3 is 0 Å². The van der Waals surface area contributed by atoms with Crippen molar-refractivity contribution in [2.24, 2.45) is 5.92 Å². The fourth-order valence-electron chi connectivity index (χ4n) is 1.83. The summed E-state index contributed by atoms with van der Waals surface area (Å²) in [4.78, 5) is 0.753. The molecule has 0 aromatic rings. The monoisotopic (exact) mass is 252 g/mol. The molecule has 0 aliphatic heterocycles. The minimum atomic E-state index is 0.533. The Morgan fingerprint density at radius 3 is 2.67 bits per heavy atom. The third-order valence-corrected chi connectivity index (χ3v) is 6.02. The van der Waals surface area contributed by atoms with E-state index in [-0.39, 0.29) is 0 Å². The molecular weight excluding hydrogens is 244 g/mol. The summed E-state index contributed by atoms with van der Waals surface area (Å²) in [5.41, 5.74) is 0. The zero-order valence-corrected chi connectivity index (χ0v) is 8.41. The third kappa shape index (κ3) is 0.900. The van der Waals surface area contributed by atoms with Crippen LogP contribution in [-0.2, 0) is 0 Å². The van der Waals surface area contributed by atoms with Crippen LogP contribution in [0.15, 0.2) is 0 Å². The number of fused-ring (bicyclic) bond motifs is 1. The molecule has 52 valence electrons. The summed E-state index contributed by atoms with van der Waals surface area (Å²) in [5.74, 6) is 0.996. The van der Waals surface area contributed by atoms with Crippen molar-refractivity contribution >= 4 is 31.9 Å². The first-order chi connectivity index (χ1) is 4.23. The number of hydrogen-bond donors (Lipinski definition) is 0. The highest BCUT2D eigenvalue weighted by atomic mass is 79.9. The summed E-state index contributed by atoms with van der Waals surface area (Å²) in [6.45, 7) is 0. The largest absolute Gasteiger partial charge is 0.0875 e. The normalized spacial score (nSPS) is 56.7. The van der Waals surface area contributed by atoms with Crippen LogP contribution in [0.25, 0.3) is 0 Å². The van der Waals surface area contributed by atoms with Crippen LogP contribution in [0, 0.1) is 5.92 Å². The fourth-order valence-corrected chi connectivity index (χ4v) is 3.56. The molecule has 2 aliphatic rings. The second kappa shape index (κ2) is 1.97. The van der Waals surface area contributed by atoms with E-state index in [1.54, 1.807) is 0 Å². The molecule has 0 aromatic heterocycles. The Kier molecular flexibility index (Phi) is 1.46. The molecule has 0 amide bonds. The molecule has 2 heteroatoms. The Balaban J connectivity index is 2.10. The Morgan fingerprint density at radius 1 is 1.33 bits per heavy atom. The Bertz CT molecular complexity index is 135. The molecule has 3 atom stereocenters. The van der Waals surface area contributed by atoms with Gasteiger partial charge in [-0.25, -0.2) is 0 Å². The van der Waals surface area contributed by atoms with E-state index in [1.165, 1.54) is 25.7 Å². The van der Waals surface area contributed by atoms with E-state index in [0.717, 1.165) is 10.7 Å². The van der Waals surface area contributed by atoms with Crippen molar-refractivity contribution in [1.29, 1.82) is 0 Å². The van der Waals surface area contributed by atoms with Crippen molar-refractivity contribution in [3.8, 4) is 0 Å². The maximum Gasteiger partial charge on any atom is 0.0414 e. The topological polar surface area (TPSA) is 0 Å². The van der Waals surface area contributed by atoms with Gasteiger partial charge in [-0.2, -0.15) is 0 Å². The van der Waals surface area contributed by atoms with Gasteiger partial charge in [-0.3, -0.25) is 0 Å². The molecule has 0 saturated heterocycles. The van der Waals surface area contributed by atoms with Crippen molar-refractivity contribution < 1.29 is 0 Å². The van der Waals surface area contributed by atoms with E-state index in [1.807, 2.05) is 0 Å². The highest BCUT2D eigenvalue weighted by molar-refractivity contribution is 9.12. The lowest BCUT2D eigenvalue weighted by Crippen LogP contribution is -2.21. The lowest BCUT2D eigenvalue weighted by Gasteiger charge is -2.21. The molecule has 0 heterocycles. The highest BCUT2D eigenvalue weighted by Gasteiger charge is 2.57. The van der Waals surface area contributed by atoms with E-state index in [2.05, 4.69) is 31.9 Å². The molecule has 3 unspecified atom stereocenters. The molecule has 0 N–H and O–H groups in total. The zero-order valence-electron chi connectivity index (χ0n) is 5.24.